The van der Waals surface area contributed by atoms with E-state index in [4.69, 9.17) is 13.8 Å². The van der Waals surface area contributed by atoms with Crippen molar-refractivity contribution in [2.24, 2.45) is 5.41 Å². The van der Waals surface area contributed by atoms with Crippen LogP contribution in [0, 0.1) is 15.5 Å². The number of carbonyl (C=O) groups is 1. The first-order chi connectivity index (χ1) is 14.5. The number of nitrogens with one attached hydrogen (secondary N) is 1. The molecule has 9 nitrogen and oxygen atoms in total. The molecule has 168 valence electrons. The zero-order valence-corrected chi connectivity index (χ0v) is 18.8. The highest BCUT2D eigenvalue weighted by atomic mass is 31.2. The Morgan fingerprint density at radius 1 is 1.06 bits per heavy atom. The number of ether oxygens (including phenoxy) is 1. The summed E-state index contributed by atoms with van der Waals surface area (Å²) in [4.78, 5) is 22.8. The van der Waals surface area contributed by atoms with Crippen LogP contribution in [0.15, 0.2) is 54.6 Å². The SMILES string of the molecule is CC[C@H](NP(=O)(Oc1ccccc1)Oc1ccc([N+](=O)[O-])cc1)C(=O)OCC(C)(C)C. The topological polar surface area (TPSA) is 117 Å². The summed E-state index contributed by atoms with van der Waals surface area (Å²) in [5.41, 5.74) is -0.371. The van der Waals surface area contributed by atoms with Crippen molar-refractivity contribution in [2.45, 2.75) is 40.2 Å². The van der Waals surface area contributed by atoms with E-state index in [0.29, 0.717) is 0 Å². The minimum Gasteiger partial charge on any atom is -0.464 e. The van der Waals surface area contributed by atoms with Crippen LogP contribution < -0.4 is 14.1 Å². The van der Waals surface area contributed by atoms with Gasteiger partial charge in [0.25, 0.3) is 5.69 Å². The molecule has 0 aliphatic rings. The number of rotatable bonds is 10. The molecule has 0 heterocycles. The second-order valence-corrected chi connectivity index (χ2v) is 9.62. The van der Waals surface area contributed by atoms with Crippen molar-refractivity contribution >= 4 is 19.4 Å². The van der Waals surface area contributed by atoms with Crippen LogP contribution in [-0.4, -0.2) is 23.5 Å². The predicted molar refractivity (Wildman–Crippen MR) is 116 cm³/mol. The van der Waals surface area contributed by atoms with Gasteiger partial charge in [0.1, 0.15) is 17.5 Å². The summed E-state index contributed by atoms with van der Waals surface area (Å²) in [6.45, 7) is 7.70. The molecule has 0 spiro atoms. The summed E-state index contributed by atoms with van der Waals surface area (Å²) in [7, 11) is -4.11. The highest BCUT2D eigenvalue weighted by Gasteiger charge is 2.35. The summed E-state index contributed by atoms with van der Waals surface area (Å²) in [6.07, 6.45) is 0.273. The average molecular weight is 450 g/mol. The van der Waals surface area contributed by atoms with Crippen LogP contribution in [0.5, 0.6) is 11.5 Å². The fourth-order valence-corrected chi connectivity index (χ4v) is 3.96. The summed E-state index contributed by atoms with van der Waals surface area (Å²) < 4.78 is 30.0. The molecule has 2 aromatic rings. The van der Waals surface area contributed by atoms with Gasteiger partial charge in [-0.3, -0.25) is 14.9 Å². The number of esters is 1. The highest BCUT2D eigenvalue weighted by Crippen LogP contribution is 2.45. The zero-order valence-electron chi connectivity index (χ0n) is 17.9. The molecule has 0 amide bonds. The first-order valence-corrected chi connectivity index (χ1v) is 11.3. The van der Waals surface area contributed by atoms with Gasteiger partial charge in [-0.2, -0.15) is 5.09 Å². The Bertz CT molecular complexity index is 927. The maximum absolute atomic E-state index is 13.5. The van der Waals surface area contributed by atoms with Crippen LogP contribution >= 0.6 is 7.75 Å². The van der Waals surface area contributed by atoms with Crippen molar-refractivity contribution < 1.29 is 28.1 Å². The number of carbonyl (C=O) groups excluding carboxylic acids is 1. The lowest BCUT2D eigenvalue weighted by molar-refractivity contribution is -0.384. The lowest BCUT2D eigenvalue weighted by atomic mass is 9.99. The lowest BCUT2D eigenvalue weighted by Crippen LogP contribution is -2.38. The molecule has 2 rings (SSSR count). The van der Waals surface area contributed by atoms with Gasteiger partial charge in [0.15, 0.2) is 0 Å². The number of hydrogen-bond donors (Lipinski definition) is 1. The molecule has 0 aliphatic carbocycles. The lowest BCUT2D eigenvalue weighted by Gasteiger charge is -2.25. The molecular formula is C21H27N2O7P. The standard InChI is InChI=1S/C21H27N2O7P/c1-5-19(20(24)28-15-21(2,3)4)22-31(27,29-17-9-7-6-8-10-17)30-18-13-11-16(12-14-18)23(25)26/h6-14,19H,5,15H2,1-4H3,(H,22,27)/t19-,31?/m0/s1. The first kappa shape index (κ1) is 24.4. The maximum atomic E-state index is 13.5. The van der Waals surface area contributed by atoms with Crippen LogP contribution in [0.2, 0.25) is 0 Å². The van der Waals surface area contributed by atoms with Gasteiger partial charge in [-0.1, -0.05) is 45.9 Å². The number of nitrogens with zero attached hydrogens (tertiary/aromatic N) is 1. The van der Waals surface area contributed by atoms with Crippen molar-refractivity contribution in [2.75, 3.05) is 6.61 Å². The number of non-ortho nitro benzene ring substituents is 1. The fourth-order valence-electron chi connectivity index (χ4n) is 2.35. The van der Waals surface area contributed by atoms with Crippen LogP contribution in [0.4, 0.5) is 5.69 Å². The molecule has 0 aliphatic heterocycles. The Balaban J connectivity index is 2.24. The molecule has 1 unspecified atom stereocenters. The van der Waals surface area contributed by atoms with Gasteiger partial charge in [-0.05, 0) is 36.1 Å². The van der Waals surface area contributed by atoms with Gasteiger partial charge in [0.05, 0.1) is 11.5 Å². The van der Waals surface area contributed by atoms with Crippen molar-refractivity contribution in [3.63, 3.8) is 0 Å². The molecule has 2 aromatic carbocycles. The van der Waals surface area contributed by atoms with Crippen LogP contribution in [0.25, 0.3) is 0 Å². The summed E-state index contributed by atoms with van der Waals surface area (Å²) in [5, 5.41) is 13.5. The molecule has 1 N–H and O–H groups in total. The Labute approximate surface area is 181 Å². The molecule has 0 saturated heterocycles. The normalized spacial score (nSPS) is 14.2. The van der Waals surface area contributed by atoms with E-state index in [9.17, 15) is 19.5 Å². The highest BCUT2D eigenvalue weighted by molar-refractivity contribution is 7.52. The average Bonchev–Trinajstić information content (AvgIpc) is 2.71. The van der Waals surface area contributed by atoms with E-state index >= 15 is 0 Å². The van der Waals surface area contributed by atoms with Crippen molar-refractivity contribution in [1.29, 1.82) is 0 Å². The molecule has 0 saturated carbocycles. The number of nitro groups is 1. The number of benzene rings is 2. The Morgan fingerprint density at radius 3 is 2.10 bits per heavy atom. The smallest absolute Gasteiger partial charge is 0.464 e. The van der Waals surface area contributed by atoms with Gasteiger partial charge in [-0.25, -0.2) is 4.57 Å². The predicted octanol–water partition coefficient (Wildman–Crippen LogP) is 5.12. The van der Waals surface area contributed by atoms with E-state index in [1.807, 2.05) is 20.8 Å². The maximum Gasteiger partial charge on any atom is 0.513 e. The summed E-state index contributed by atoms with van der Waals surface area (Å²) >= 11 is 0. The van der Waals surface area contributed by atoms with E-state index in [-0.39, 0.29) is 35.6 Å². The Morgan fingerprint density at radius 2 is 1.61 bits per heavy atom. The van der Waals surface area contributed by atoms with Crippen molar-refractivity contribution in [3.8, 4) is 11.5 Å². The monoisotopic (exact) mass is 450 g/mol. The summed E-state index contributed by atoms with van der Waals surface area (Å²) in [5.74, 6) is -0.241. The number of hydrogen-bond acceptors (Lipinski definition) is 7. The largest absolute Gasteiger partial charge is 0.513 e. The zero-order chi connectivity index (χ0) is 23.1. The van der Waals surface area contributed by atoms with E-state index in [1.54, 1.807) is 37.3 Å². The van der Waals surface area contributed by atoms with E-state index < -0.39 is 24.7 Å². The van der Waals surface area contributed by atoms with Crippen molar-refractivity contribution in [3.05, 3.63) is 64.7 Å². The third kappa shape index (κ3) is 8.03. The minimum atomic E-state index is -4.11. The van der Waals surface area contributed by atoms with Crippen LogP contribution in [0.3, 0.4) is 0 Å². The second-order valence-electron chi connectivity index (χ2n) is 8.00. The van der Waals surface area contributed by atoms with E-state index in [0.717, 1.165) is 0 Å². The van der Waals surface area contributed by atoms with Gasteiger partial charge >= 0.3 is 13.7 Å². The van der Waals surface area contributed by atoms with Gasteiger partial charge in [0.2, 0.25) is 0 Å². The molecule has 2 atom stereocenters. The van der Waals surface area contributed by atoms with E-state index in [1.165, 1.54) is 24.3 Å². The molecule has 0 bridgehead atoms. The van der Waals surface area contributed by atoms with Gasteiger partial charge in [-0.15, -0.1) is 0 Å². The molecule has 31 heavy (non-hydrogen) atoms. The summed E-state index contributed by atoms with van der Waals surface area (Å²) in [6, 6.07) is 12.4. The second kappa shape index (κ2) is 10.4. The molecule has 0 radical (unpaired) electrons. The first-order valence-electron chi connectivity index (χ1n) is 9.74. The quantitative estimate of drug-likeness (QED) is 0.229. The molecular weight excluding hydrogens is 423 g/mol. The molecule has 0 fully saturated rings. The van der Waals surface area contributed by atoms with Crippen LogP contribution in [-0.2, 0) is 14.1 Å². The number of nitro benzene ring substituents is 1. The Kier molecular flexibility index (Phi) is 8.19. The fraction of sp³-hybridized carbons (Fsp3) is 0.381. The third-order valence-corrected chi connectivity index (χ3v) is 5.43. The van der Waals surface area contributed by atoms with Crippen molar-refractivity contribution in [1.82, 2.24) is 5.09 Å². The minimum absolute atomic E-state index is 0.0790. The van der Waals surface area contributed by atoms with E-state index in [2.05, 4.69) is 5.09 Å². The van der Waals surface area contributed by atoms with Gasteiger partial charge < -0.3 is 13.8 Å². The van der Waals surface area contributed by atoms with Crippen LogP contribution in [0.1, 0.15) is 34.1 Å². The third-order valence-electron chi connectivity index (χ3n) is 3.90. The molecule has 10 heteroatoms. The molecule has 0 aromatic heterocycles. The van der Waals surface area contributed by atoms with Gasteiger partial charge in [0, 0.05) is 12.1 Å². The Hall–Kier alpha value is -2.90. The number of para-hydroxylation sites is 1.